The molecule has 0 aliphatic carbocycles. The number of aromatic nitrogens is 5. The van der Waals surface area contributed by atoms with E-state index in [1.807, 2.05) is 30.3 Å². The molecule has 0 atom stereocenters. The van der Waals surface area contributed by atoms with Crippen molar-refractivity contribution < 1.29 is 9.53 Å². The quantitative estimate of drug-likeness (QED) is 0.339. The lowest BCUT2D eigenvalue weighted by molar-refractivity contribution is 0.0525. The van der Waals surface area contributed by atoms with Crippen molar-refractivity contribution in [3.8, 4) is 11.5 Å². The van der Waals surface area contributed by atoms with Gasteiger partial charge in [0, 0.05) is 23.8 Å². The molecular formula is C24H19N5O4. The van der Waals surface area contributed by atoms with E-state index in [2.05, 4.69) is 15.2 Å². The van der Waals surface area contributed by atoms with Crippen LogP contribution >= 0.6 is 0 Å². The Kier molecular flexibility index (Phi) is 4.86. The molecule has 1 aromatic carbocycles. The highest BCUT2D eigenvalue weighted by Crippen LogP contribution is 2.19. The van der Waals surface area contributed by atoms with Crippen LogP contribution in [0.5, 0.6) is 0 Å². The summed E-state index contributed by atoms with van der Waals surface area (Å²) in [5.41, 5.74) is 1.56. The zero-order valence-electron chi connectivity index (χ0n) is 17.9. The molecule has 0 spiro atoms. The molecule has 0 saturated heterocycles. The van der Waals surface area contributed by atoms with E-state index in [1.54, 1.807) is 38.2 Å². The lowest BCUT2D eigenvalue weighted by Gasteiger charge is -2.09. The molecule has 5 rings (SSSR count). The van der Waals surface area contributed by atoms with Gasteiger partial charge in [-0.2, -0.15) is 5.10 Å². The number of aromatic amines is 1. The Balaban J connectivity index is 1.74. The molecule has 164 valence electrons. The topological polar surface area (TPSA) is 112 Å². The lowest BCUT2D eigenvalue weighted by Crippen LogP contribution is -2.22. The molecule has 0 saturated carbocycles. The maximum atomic E-state index is 13.4. The van der Waals surface area contributed by atoms with E-state index >= 15 is 0 Å². The minimum absolute atomic E-state index is 0.132. The van der Waals surface area contributed by atoms with Crippen molar-refractivity contribution in [3.63, 3.8) is 0 Å². The Morgan fingerprint density at radius 1 is 0.970 bits per heavy atom. The van der Waals surface area contributed by atoms with Gasteiger partial charge in [0.25, 0.3) is 11.1 Å². The molecule has 4 aromatic heterocycles. The Morgan fingerprint density at radius 2 is 1.61 bits per heavy atom. The number of pyridine rings is 3. The number of carbonyl (C=O) groups excluding carboxylic acids is 1. The third-order valence-corrected chi connectivity index (χ3v) is 5.41. The van der Waals surface area contributed by atoms with E-state index in [9.17, 15) is 14.4 Å². The molecule has 33 heavy (non-hydrogen) atoms. The standard InChI is InChI=1S/C24H19N5O4/c1-3-33-24(32)20-14(2)26-27-21(20)29-12-10-19-17(23(29)31)13-16-18(25-19)9-11-28(22(16)30)15-7-5-4-6-8-15/h4-13H,3H2,1-2H3,(H,26,27). The Labute approximate surface area is 186 Å². The third kappa shape index (κ3) is 3.30. The van der Waals surface area contributed by atoms with Crippen LogP contribution < -0.4 is 11.1 Å². The summed E-state index contributed by atoms with van der Waals surface area (Å²) in [6.45, 7) is 3.57. The molecule has 5 aromatic rings. The highest BCUT2D eigenvalue weighted by molar-refractivity contribution is 5.95. The average molecular weight is 441 g/mol. The van der Waals surface area contributed by atoms with Gasteiger partial charge in [-0.25, -0.2) is 9.78 Å². The van der Waals surface area contributed by atoms with Crippen LogP contribution in [0.4, 0.5) is 0 Å². The number of para-hydroxylation sites is 1. The Hall–Kier alpha value is -4.53. The number of nitrogens with zero attached hydrogens (tertiary/aromatic N) is 4. The summed E-state index contributed by atoms with van der Waals surface area (Å²) in [4.78, 5) is 43.5. The monoisotopic (exact) mass is 441 g/mol. The van der Waals surface area contributed by atoms with E-state index < -0.39 is 11.5 Å². The SMILES string of the molecule is CCOC(=O)c1c(-n2ccc3nc4ccn(-c5ccccc5)c(=O)c4cc3c2=O)n[nH]c1C. The molecule has 0 aliphatic rings. The summed E-state index contributed by atoms with van der Waals surface area (Å²) in [7, 11) is 0. The highest BCUT2D eigenvalue weighted by Gasteiger charge is 2.22. The average Bonchev–Trinajstić information content (AvgIpc) is 3.21. The summed E-state index contributed by atoms with van der Waals surface area (Å²) in [6, 6.07) is 14.1. The van der Waals surface area contributed by atoms with Gasteiger partial charge in [-0.1, -0.05) is 18.2 Å². The predicted octanol–water partition coefficient (Wildman–Crippen LogP) is 2.90. The molecule has 0 unspecified atom stereocenters. The van der Waals surface area contributed by atoms with Crippen LogP contribution in [0.15, 0.2) is 70.5 Å². The number of ether oxygens (including phenoxy) is 1. The van der Waals surface area contributed by atoms with E-state index in [0.717, 1.165) is 0 Å². The smallest absolute Gasteiger partial charge is 0.343 e. The summed E-state index contributed by atoms with van der Waals surface area (Å²) < 4.78 is 7.88. The van der Waals surface area contributed by atoms with Gasteiger partial charge in [0.2, 0.25) is 0 Å². The van der Waals surface area contributed by atoms with E-state index in [4.69, 9.17) is 4.74 Å². The van der Waals surface area contributed by atoms with Crippen molar-refractivity contribution in [3.05, 3.63) is 92.9 Å². The van der Waals surface area contributed by atoms with Gasteiger partial charge >= 0.3 is 5.97 Å². The van der Waals surface area contributed by atoms with Crippen LogP contribution in [0.1, 0.15) is 23.0 Å². The van der Waals surface area contributed by atoms with Crippen LogP contribution in [0, 0.1) is 6.92 Å². The number of nitrogens with one attached hydrogen (secondary N) is 1. The second-order valence-corrected chi connectivity index (χ2v) is 7.44. The molecule has 0 aliphatic heterocycles. The molecule has 4 heterocycles. The van der Waals surface area contributed by atoms with Crippen LogP contribution in [0.2, 0.25) is 0 Å². The van der Waals surface area contributed by atoms with E-state index in [0.29, 0.717) is 27.8 Å². The number of hydrogen-bond donors (Lipinski definition) is 1. The summed E-state index contributed by atoms with van der Waals surface area (Å²) >= 11 is 0. The highest BCUT2D eigenvalue weighted by atomic mass is 16.5. The van der Waals surface area contributed by atoms with E-state index in [-0.39, 0.29) is 28.9 Å². The van der Waals surface area contributed by atoms with Crippen molar-refractivity contribution in [2.45, 2.75) is 13.8 Å². The van der Waals surface area contributed by atoms with Crippen molar-refractivity contribution in [2.24, 2.45) is 0 Å². The van der Waals surface area contributed by atoms with Crippen LogP contribution in [0.3, 0.4) is 0 Å². The first kappa shape index (κ1) is 20.4. The minimum atomic E-state index is -0.576. The predicted molar refractivity (Wildman–Crippen MR) is 123 cm³/mol. The Morgan fingerprint density at radius 3 is 2.27 bits per heavy atom. The first-order valence-electron chi connectivity index (χ1n) is 10.3. The van der Waals surface area contributed by atoms with Crippen LogP contribution in [-0.4, -0.2) is 36.9 Å². The lowest BCUT2D eigenvalue weighted by atomic mass is 10.1. The summed E-state index contributed by atoms with van der Waals surface area (Å²) in [6.07, 6.45) is 3.17. The maximum absolute atomic E-state index is 13.4. The minimum Gasteiger partial charge on any atom is -0.462 e. The van der Waals surface area contributed by atoms with E-state index in [1.165, 1.54) is 15.3 Å². The van der Waals surface area contributed by atoms with Gasteiger partial charge in [-0.15, -0.1) is 0 Å². The molecule has 0 amide bonds. The molecule has 9 nitrogen and oxygen atoms in total. The first-order chi connectivity index (χ1) is 16.0. The number of rotatable bonds is 4. The Bertz CT molecular complexity index is 1650. The van der Waals surface area contributed by atoms with Gasteiger partial charge in [0.05, 0.1) is 28.4 Å². The number of hydrogen-bond acceptors (Lipinski definition) is 6. The summed E-state index contributed by atoms with van der Waals surface area (Å²) in [5, 5.41) is 7.43. The zero-order valence-corrected chi connectivity index (χ0v) is 17.9. The largest absolute Gasteiger partial charge is 0.462 e. The van der Waals surface area contributed by atoms with Crippen molar-refractivity contribution in [1.82, 2.24) is 24.3 Å². The van der Waals surface area contributed by atoms with Crippen molar-refractivity contribution in [2.75, 3.05) is 6.61 Å². The first-order valence-corrected chi connectivity index (χ1v) is 10.3. The number of aryl methyl sites for hydroxylation is 1. The van der Waals surface area contributed by atoms with Crippen molar-refractivity contribution >= 4 is 27.8 Å². The molecule has 9 heteroatoms. The number of fused-ring (bicyclic) bond motifs is 2. The fourth-order valence-corrected chi connectivity index (χ4v) is 3.82. The number of esters is 1. The van der Waals surface area contributed by atoms with Gasteiger partial charge < -0.3 is 4.74 Å². The molecule has 1 N–H and O–H groups in total. The summed E-state index contributed by atoms with van der Waals surface area (Å²) in [5.74, 6) is -0.444. The molecule has 0 radical (unpaired) electrons. The zero-order chi connectivity index (χ0) is 23.1. The van der Waals surface area contributed by atoms with Gasteiger partial charge in [-0.05, 0) is 44.2 Å². The van der Waals surface area contributed by atoms with Gasteiger partial charge in [-0.3, -0.25) is 23.8 Å². The van der Waals surface area contributed by atoms with Gasteiger partial charge in [0.1, 0.15) is 5.56 Å². The number of carbonyl (C=O) groups is 1. The third-order valence-electron chi connectivity index (χ3n) is 5.41. The fraction of sp³-hybridized carbons (Fsp3) is 0.125. The number of benzene rings is 1. The van der Waals surface area contributed by atoms with Crippen LogP contribution in [-0.2, 0) is 4.74 Å². The molecule has 0 fully saturated rings. The fourth-order valence-electron chi connectivity index (χ4n) is 3.82. The van der Waals surface area contributed by atoms with Crippen molar-refractivity contribution in [1.29, 1.82) is 0 Å². The normalized spacial score (nSPS) is 11.2. The van der Waals surface area contributed by atoms with Crippen LogP contribution in [0.25, 0.3) is 33.3 Å². The molecular weight excluding hydrogens is 422 g/mol. The van der Waals surface area contributed by atoms with Gasteiger partial charge in [0.15, 0.2) is 5.82 Å². The second-order valence-electron chi connectivity index (χ2n) is 7.44. The maximum Gasteiger partial charge on any atom is 0.343 e. The number of H-pyrrole nitrogens is 1. The molecule has 0 bridgehead atoms. The second kappa shape index (κ2) is 7.86.